The number of benzene rings is 1. The van der Waals surface area contributed by atoms with E-state index in [-0.39, 0.29) is 12.1 Å². The SMILES string of the molecule is COCCN1CCN(C2CCN(C(=O)Nc3ccccc3)CC2)C(=O)C1=O. The summed E-state index contributed by atoms with van der Waals surface area (Å²) in [5.74, 6) is -0.896. The van der Waals surface area contributed by atoms with E-state index in [2.05, 4.69) is 5.32 Å². The molecule has 2 heterocycles. The van der Waals surface area contributed by atoms with Crippen LogP contribution < -0.4 is 5.32 Å². The molecular formula is C19H26N4O4. The van der Waals surface area contributed by atoms with Crippen LogP contribution >= 0.6 is 0 Å². The molecule has 3 rings (SSSR count). The van der Waals surface area contributed by atoms with Crippen molar-refractivity contribution in [2.75, 3.05) is 51.8 Å². The lowest BCUT2D eigenvalue weighted by molar-refractivity contribution is -0.158. The summed E-state index contributed by atoms with van der Waals surface area (Å²) >= 11 is 0. The van der Waals surface area contributed by atoms with Crippen LogP contribution in [0.15, 0.2) is 30.3 Å². The standard InChI is InChI=1S/C19H26N4O4/c1-27-14-13-21-11-12-23(18(25)17(21)24)16-7-9-22(10-8-16)19(26)20-15-5-3-2-4-6-15/h2-6,16H,7-14H2,1H3,(H,20,26). The van der Waals surface area contributed by atoms with Crippen molar-refractivity contribution in [1.82, 2.24) is 14.7 Å². The van der Waals surface area contributed by atoms with E-state index in [1.54, 1.807) is 21.8 Å². The highest BCUT2D eigenvalue weighted by Crippen LogP contribution is 2.20. The molecule has 2 saturated heterocycles. The second-order valence-electron chi connectivity index (χ2n) is 6.80. The van der Waals surface area contributed by atoms with E-state index >= 15 is 0 Å². The highest BCUT2D eigenvalue weighted by molar-refractivity contribution is 6.35. The molecular weight excluding hydrogens is 348 g/mol. The Balaban J connectivity index is 1.50. The Morgan fingerprint density at radius 3 is 2.44 bits per heavy atom. The molecule has 0 radical (unpaired) electrons. The van der Waals surface area contributed by atoms with Crippen LogP contribution in [0.1, 0.15) is 12.8 Å². The summed E-state index contributed by atoms with van der Waals surface area (Å²) in [5, 5.41) is 2.88. The Kier molecular flexibility index (Phi) is 6.28. The van der Waals surface area contributed by atoms with Gasteiger partial charge in [-0.25, -0.2) is 4.79 Å². The summed E-state index contributed by atoms with van der Waals surface area (Å²) in [4.78, 5) is 42.1. The largest absolute Gasteiger partial charge is 0.383 e. The van der Waals surface area contributed by atoms with E-state index in [9.17, 15) is 14.4 Å². The van der Waals surface area contributed by atoms with Crippen molar-refractivity contribution in [2.45, 2.75) is 18.9 Å². The van der Waals surface area contributed by atoms with Gasteiger partial charge in [0.2, 0.25) is 0 Å². The van der Waals surface area contributed by atoms with Crippen molar-refractivity contribution >= 4 is 23.5 Å². The zero-order valence-corrected chi connectivity index (χ0v) is 15.6. The van der Waals surface area contributed by atoms with Crippen LogP contribution in [0.3, 0.4) is 0 Å². The molecule has 0 saturated carbocycles. The van der Waals surface area contributed by atoms with Crippen LogP contribution in [0, 0.1) is 0 Å². The molecule has 2 aliphatic heterocycles. The minimum Gasteiger partial charge on any atom is -0.383 e. The van der Waals surface area contributed by atoms with Crippen molar-refractivity contribution in [3.63, 3.8) is 0 Å². The molecule has 0 spiro atoms. The molecule has 0 aromatic heterocycles. The summed E-state index contributed by atoms with van der Waals surface area (Å²) in [5.41, 5.74) is 0.762. The number of amides is 4. The third kappa shape index (κ3) is 4.57. The van der Waals surface area contributed by atoms with Crippen LogP contribution in [0.2, 0.25) is 0 Å². The number of hydrogen-bond acceptors (Lipinski definition) is 4. The maximum Gasteiger partial charge on any atom is 0.321 e. The number of ether oxygens (including phenoxy) is 1. The van der Waals surface area contributed by atoms with Gasteiger partial charge in [0.1, 0.15) is 0 Å². The van der Waals surface area contributed by atoms with Crippen LogP contribution in [-0.4, -0.2) is 85.0 Å². The van der Waals surface area contributed by atoms with Crippen molar-refractivity contribution in [3.8, 4) is 0 Å². The van der Waals surface area contributed by atoms with E-state index < -0.39 is 11.8 Å². The van der Waals surface area contributed by atoms with E-state index in [4.69, 9.17) is 4.74 Å². The fourth-order valence-electron chi connectivity index (χ4n) is 3.56. The number of urea groups is 1. The number of anilines is 1. The Hall–Kier alpha value is -2.61. The fourth-order valence-corrected chi connectivity index (χ4v) is 3.56. The molecule has 27 heavy (non-hydrogen) atoms. The normalized spacial score (nSPS) is 18.8. The van der Waals surface area contributed by atoms with E-state index in [1.165, 1.54) is 0 Å². The van der Waals surface area contributed by atoms with Gasteiger partial charge in [0.15, 0.2) is 0 Å². The van der Waals surface area contributed by atoms with Crippen molar-refractivity contribution < 1.29 is 19.1 Å². The molecule has 1 aromatic carbocycles. The number of piperazine rings is 1. The Morgan fingerprint density at radius 2 is 1.78 bits per heavy atom. The van der Waals surface area contributed by atoms with Gasteiger partial charge in [-0.15, -0.1) is 0 Å². The minimum absolute atomic E-state index is 0.00630. The summed E-state index contributed by atoms with van der Waals surface area (Å²) in [6.45, 7) is 3.06. The highest BCUT2D eigenvalue weighted by Gasteiger charge is 2.37. The van der Waals surface area contributed by atoms with Crippen LogP contribution in [-0.2, 0) is 14.3 Å². The quantitative estimate of drug-likeness (QED) is 0.780. The molecule has 2 aliphatic rings. The van der Waals surface area contributed by atoms with Gasteiger partial charge in [0.05, 0.1) is 6.61 Å². The van der Waals surface area contributed by atoms with Gasteiger partial charge in [0, 0.05) is 51.6 Å². The maximum absolute atomic E-state index is 12.5. The molecule has 8 heteroatoms. The number of para-hydroxylation sites is 1. The Bertz CT molecular complexity index is 674. The number of rotatable bonds is 5. The van der Waals surface area contributed by atoms with Gasteiger partial charge in [-0.2, -0.15) is 0 Å². The first-order valence-corrected chi connectivity index (χ1v) is 9.30. The third-order valence-electron chi connectivity index (χ3n) is 5.12. The predicted molar refractivity (Wildman–Crippen MR) is 100 cm³/mol. The van der Waals surface area contributed by atoms with Gasteiger partial charge in [-0.05, 0) is 25.0 Å². The van der Waals surface area contributed by atoms with Crippen LogP contribution in [0.4, 0.5) is 10.5 Å². The van der Waals surface area contributed by atoms with E-state index in [1.807, 2.05) is 30.3 Å². The van der Waals surface area contributed by atoms with Gasteiger partial charge in [0.25, 0.3) is 0 Å². The fraction of sp³-hybridized carbons (Fsp3) is 0.526. The van der Waals surface area contributed by atoms with E-state index in [0.717, 1.165) is 5.69 Å². The molecule has 8 nitrogen and oxygen atoms in total. The number of carbonyl (C=O) groups excluding carboxylic acids is 3. The summed E-state index contributed by atoms with van der Waals surface area (Å²) < 4.78 is 4.99. The molecule has 4 amide bonds. The first-order chi connectivity index (χ1) is 13.1. The number of likely N-dealkylation sites (tertiary alicyclic amines) is 1. The van der Waals surface area contributed by atoms with Crippen molar-refractivity contribution in [1.29, 1.82) is 0 Å². The zero-order valence-electron chi connectivity index (χ0n) is 15.6. The van der Waals surface area contributed by atoms with Gasteiger partial charge in [-0.3, -0.25) is 9.59 Å². The number of carbonyl (C=O) groups is 3. The van der Waals surface area contributed by atoms with Gasteiger partial charge in [-0.1, -0.05) is 18.2 Å². The minimum atomic E-state index is -0.456. The monoisotopic (exact) mass is 374 g/mol. The number of methoxy groups -OCH3 is 1. The lowest BCUT2D eigenvalue weighted by Gasteiger charge is -2.42. The third-order valence-corrected chi connectivity index (χ3v) is 5.12. The van der Waals surface area contributed by atoms with Crippen LogP contribution in [0.25, 0.3) is 0 Å². The highest BCUT2D eigenvalue weighted by atomic mass is 16.5. The van der Waals surface area contributed by atoms with Crippen molar-refractivity contribution in [3.05, 3.63) is 30.3 Å². The molecule has 1 N–H and O–H groups in total. The number of hydrogen-bond donors (Lipinski definition) is 1. The predicted octanol–water partition coefficient (Wildman–Crippen LogP) is 1.00. The lowest BCUT2D eigenvalue weighted by Crippen LogP contribution is -2.59. The lowest BCUT2D eigenvalue weighted by atomic mass is 10.0. The molecule has 0 unspecified atom stereocenters. The maximum atomic E-state index is 12.5. The molecule has 0 atom stereocenters. The molecule has 0 aliphatic carbocycles. The first-order valence-electron chi connectivity index (χ1n) is 9.30. The molecule has 0 bridgehead atoms. The summed E-state index contributed by atoms with van der Waals surface area (Å²) in [6.07, 6.45) is 1.36. The smallest absolute Gasteiger partial charge is 0.321 e. The second-order valence-corrected chi connectivity index (χ2v) is 6.80. The number of nitrogens with one attached hydrogen (secondary N) is 1. The topological polar surface area (TPSA) is 82.2 Å². The average Bonchev–Trinajstić information content (AvgIpc) is 2.70. The summed E-state index contributed by atoms with van der Waals surface area (Å²) in [7, 11) is 1.57. The number of nitrogens with zero attached hydrogens (tertiary/aromatic N) is 3. The number of piperidine rings is 1. The Morgan fingerprint density at radius 1 is 1.07 bits per heavy atom. The molecule has 2 fully saturated rings. The van der Waals surface area contributed by atoms with E-state index in [0.29, 0.717) is 52.2 Å². The molecule has 146 valence electrons. The molecule has 1 aromatic rings. The van der Waals surface area contributed by atoms with Gasteiger partial charge < -0.3 is 24.8 Å². The average molecular weight is 374 g/mol. The van der Waals surface area contributed by atoms with Gasteiger partial charge >= 0.3 is 17.8 Å². The summed E-state index contributed by atoms with van der Waals surface area (Å²) in [6, 6.07) is 9.20. The zero-order chi connectivity index (χ0) is 19.2. The van der Waals surface area contributed by atoms with Crippen LogP contribution in [0.5, 0.6) is 0 Å². The Labute approximate surface area is 159 Å². The van der Waals surface area contributed by atoms with Crippen molar-refractivity contribution in [2.24, 2.45) is 0 Å². The first kappa shape index (κ1) is 19.2. The second kappa shape index (κ2) is 8.85.